The van der Waals surface area contributed by atoms with Gasteiger partial charge in [0.25, 0.3) is 0 Å². The summed E-state index contributed by atoms with van der Waals surface area (Å²) in [5.41, 5.74) is 1.91. The van der Waals surface area contributed by atoms with Crippen molar-refractivity contribution in [2.24, 2.45) is 0 Å². The molecule has 0 saturated heterocycles. The van der Waals surface area contributed by atoms with Crippen LogP contribution in [-0.2, 0) is 6.42 Å². The third kappa shape index (κ3) is 0.920. The van der Waals surface area contributed by atoms with Crippen molar-refractivity contribution in [3.05, 3.63) is 24.0 Å². The van der Waals surface area contributed by atoms with Crippen molar-refractivity contribution >= 4 is 11.1 Å². The molecule has 2 aromatic rings. The smallest absolute Gasteiger partial charge is 0.185 e. The molecule has 0 saturated carbocycles. The number of rotatable bonds is 1. The van der Waals surface area contributed by atoms with Crippen LogP contribution in [-0.4, -0.2) is 10.1 Å². The molecule has 2 heterocycles. The van der Waals surface area contributed by atoms with Gasteiger partial charge in [0, 0.05) is 6.20 Å². The topological polar surface area (TPSA) is 62.7 Å². The second-order valence-electron chi connectivity index (χ2n) is 2.31. The minimum atomic E-state index is 0.240. The van der Waals surface area contributed by atoms with Crippen molar-refractivity contribution in [1.82, 2.24) is 10.1 Å². The van der Waals surface area contributed by atoms with Gasteiger partial charge < -0.3 is 4.52 Å². The molecule has 2 rings (SSSR count). The van der Waals surface area contributed by atoms with Gasteiger partial charge in [-0.1, -0.05) is 5.16 Å². The molecule has 0 aliphatic heterocycles. The molecule has 0 aliphatic carbocycles. The zero-order chi connectivity index (χ0) is 8.39. The van der Waals surface area contributed by atoms with Crippen LogP contribution < -0.4 is 0 Å². The van der Waals surface area contributed by atoms with Gasteiger partial charge in [-0.3, -0.25) is 4.98 Å². The fraction of sp³-hybridized carbons (Fsp3) is 0.125. The zero-order valence-electron chi connectivity index (χ0n) is 6.19. The molecule has 0 N–H and O–H groups in total. The Kier molecular flexibility index (Phi) is 1.49. The van der Waals surface area contributed by atoms with Gasteiger partial charge in [-0.15, -0.1) is 0 Å². The molecule has 4 heteroatoms. The van der Waals surface area contributed by atoms with Crippen LogP contribution in [0.4, 0.5) is 0 Å². The summed E-state index contributed by atoms with van der Waals surface area (Å²) in [4.78, 5) is 4.05. The van der Waals surface area contributed by atoms with Gasteiger partial charge in [-0.2, -0.15) is 5.26 Å². The van der Waals surface area contributed by atoms with Gasteiger partial charge in [0.1, 0.15) is 11.2 Å². The molecule has 12 heavy (non-hydrogen) atoms. The zero-order valence-corrected chi connectivity index (χ0v) is 6.19. The lowest BCUT2D eigenvalue weighted by Crippen LogP contribution is -1.82. The van der Waals surface area contributed by atoms with Gasteiger partial charge in [0.2, 0.25) is 0 Å². The van der Waals surface area contributed by atoms with Crippen molar-refractivity contribution in [3.63, 3.8) is 0 Å². The van der Waals surface area contributed by atoms with Crippen molar-refractivity contribution in [1.29, 1.82) is 5.26 Å². The first-order valence-electron chi connectivity index (χ1n) is 3.48. The molecule has 0 aromatic carbocycles. The van der Waals surface area contributed by atoms with E-state index in [-0.39, 0.29) is 6.42 Å². The highest BCUT2D eigenvalue weighted by atomic mass is 16.5. The van der Waals surface area contributed by atoms with E-state index < -0.39 is 0 Å². The fourth-order valence-electron chi connectivity index (χ4n) is 1.02. The first-order valence-corrected chi connectivity index (χ1v) is 3.48. The Bertz CT molecular complexity index is 441. The Morgan fingerprint density at radius 1 is 1.58 bits per heavy atom. The van der Waals surface area contributed by atoms with Crippen molar-refractivity contribution in [3.8, 4) is 6.07 Å². The van der Waals surface area contributed by atoms with Crippen LogP contribution in [0.5, 0.6) is 0 Å². The Hall–Kier alpha value is -1.89. The van der Waals surface area contributed by atoms with Crippen LogP contribution in [0, 0.1) is 11.3 Å². The maximum absolute atomic E-state index is 8.44. The van der Waals surface area contributed by atoms with Crippen LogP contribution in [0.25, 0.3) is 11.1 Å². The second kappa shape index (κ2) is 2.62. The lowest BCUT2D eigenvalue weighted by atomic mass is 10.3. The standard InChI is InChI=1S/C8H5N3O/c9-4-3-6-8-7(12-11-6)2-1-5-10-8/h1-2,5H,3H2. The Labute approximate surface area is 68.4 Å². The van der Waals surface area contributed by atoms with E-state index in [1.807, 2.05) is 6.07 Å². The molecule has 0 spiro atoms. The first kappa shape index (κ1) is 6.80. The van der Waals surface area contributed by atoms with Crippen molar-refractivity contribution < 1.29 is 4.52 Å². The van der Waals surface area contributed by atoms with E-state index in [4.69, 9.17) is 9.78 Å². The fourth-order valence-corrected chi connectivity index (χ4v) is 1.02. The highest BCUT2D eigenvalue weighted by molar-refractivity contribution is 5.74. The predicted molar refractivity (Wildman–Crippen MR) is 41.1 cm³/mol. The highest BCUT2D eigenvalue weighted by Gasteiger charge is 2.06. The molecule has 58 valence electrons. The van der Waals surface area contributed by atoms with Crippen LogP contribution in [0.1, 0.15) is 5.69 Å². The summed E-state index contributed by atoms with van der Waals surface area (Å²) in [6.45, 7) is 0. The number of nitrogens with zero attached hydrogens (tertiary/aromatic N) is 3. The molecule has 0 atom stereocenters. The molecular formula is C8H5N3O. The third-order valence-electron chi connectivity index (χ3n) is 1.54. The Balaban J connectivity index is 2.64. The minimum Gasteiger partial charge on any atom is -0.354 e. The van der Waals surface area contributed by atoms with E-state index in [1.54, 1.807) is 18.3 Å². The number of fused-ring (bicyclic) bond motifs is 1. The van der Waals surface area contributed by atoms with Crippen molar-refractivity contribution in [2.45, 2.75) is 6.42 Å². The maximum Gasteiger partial charge on any atom is 0.185 e. The Morgan fingerprint density at radius 3 is 3.33 bits per heavy atom. The van der Waals surface area contributed by atoms with Crippen LogP contribution in [0.2, 0.25) is 0 Å². The van der Waals surface area contributed by atoms with Crippen LogP contribution in [0.15, 0.2) is 22.9 Å². The average Bonchev–Trinajstić information content (AvgIpc) is 2.50. The maximum atomic E-state index is 8.44. The quantitative estimate of drug-likeness (QED) is 0.628. The van der Waals surface area contributed by atoms with E-state index in [0.717, 1.165) is 0 Å². The Morgan fingerprint density at radius 2 is 2.50 bits per heavy atom. The van der Waals surface area contributed by atoms with Gasteiger partial charge in [0.05, 0.1) is 12.5 Å². The van der Waals surface area contributed by atoms with Gasteiger partial charge in [-0.05, 0) is 12.1 Å². The van der Waals surface area contributed by atoms with E-state index in [9.17, 15) is 0 Å². The van der Waals surface area contributed by atoms with E-state index in [0.29, 0.717) is 16.8 Å². The van der Waals surface area contributed by atoms with E-state index >= 15 is 0 Å². The lowest BCUT2D eigenvalue weighted by molar-refractivity contribution is 0.448. The molecule has 0 fully saturated rings. The summed E-state index contributed by atoms with van der Waals surface area (Å²) < 4.78 is 4.94. The molecule has 0 amide bonds. The average molecular weight is 159 g/mol. The van der Waals surface area contributed by atoms with Crippen molar-refractivity contribution in [2.75, 3.05) is 0 Å². The normalized spacial score (nSPS) is 9.92. The number of nitriles is 1. The van der Waals surface area contributed by atoms with Crippen LogP contribution >= 0.6 is 0 Å². The predicted octanol–water partition coefficient (Wildman–Crippen LogP) is 1.29. The van der Waals surface area contributed by atoms with E-state index in [2.05, 4.69) is 10.1 Å². The highest BCUT2D eigenvalue weighted by Crippen LogP contribution is 2.14. The summed E-state index contributed by atoms with van der Waals surface area (Å²) in [5, 5.41) is 12.2. The summed E-state index contributed by atoms with van der Waals surface area (Å²) in [7, 11) is 0. The molecule has 0 bridgehead atoms. The van der Waals surface area contributed by atoms with Gasteiger partial charge in [0.15, 0.2) is 5.58 Å². The molecule has 0 aliphatic rings. The SMILES string of the molecule is N#CCc1noc2cccnc12. The largest absolute Gasteiger partial charge is 0.354 e. The first-order chi connectivity index (χ1) is 5.92. The number of hydrogen-bond donors (Lipinski definition) is 0. The molecule has 0 unspecified atom stereocenters. The number of pyridine rings is 1. The molecular weight excluding hydrogens is 154 g/mol. The summed E-state index contributed by atoms with van der Waals surface area (Å²) in [5.74, 6) is 0. The van der Waals surface area contributed by atoms with Gasteiger partial charge >= 0.3 is 0 Å². The molecule has 2 aromatic heterocycles. The number of aromatic nitrogens is 2. The van der Waals surface area contributed by atoms with E-state index in [1.165, 1.54) is 0 Å². The molecule has 0 radical (unpaired) electrons. The monoisotopic (exact) mass is 159 g/mol. The minimum absolute atomic E-state index is 0.240. The summed E-state index contributed by atoms with van der Waals surface area (Å²) >= 11 is 0. The summed E-state index contributed by atoms with van der Waals surface area (Å²) in [6, 6.07) is 5.54. The van der Waals surface area contributed by atoms with Gasteiger partial charge in [-0.25, -0.2) is 0 Å². The summed E-state index contributed by atoms with van der Waals surface area (Å²) in [6.07, 6.45) is 1.89. The number of hydrogen-bond acceptors (Lipinski definition) is 4. The second-order valence-corrected chi connectivity index (χ2v) is 2.31. The van der Waals surface area contributed by atoms with Crippen LogP contribution in [0.3, 0.4) is 0 Å². The molecule has 4 nitrogen and oxygen atoms in total. The third-order valence-corrected chi connectivity index (χ3v) is 1.54. The lowest BCUT2D eigenvalue weighted by Gasteiger charge is -1.84.